The van der Waals surface area contributed by atoms with Crippen LogP contribution in [0.5, 0.6) is 0 Å². The molecule has 0 aliphatic carbocycles. The maximum atomic E-state index is 10.0. The van der Waals surface area contributed by atoms with Crippen LogP contribution in [0, 0.1) is 0 Å². The Labute approximate surface area is 97.1 Å². The van der Waals surface area contributed by atoms with Gasteiger partial charge < -0.3 is 10.4 Å². The van der Waals surface area contributed by atoms with Crippen LogP contribution in [0.25, 0.3) is 0 Å². The van der Waals surface area contributed by atoms with Crippen molar-refractivity contribution >= 4 is 12.4 Å². The summed E-state index contributed by atoms with van der Waals surface area (Å²) in [6.45, 7) is 5.70. The molecule has 84 valence electrons. The molecule has 0 saturated carbocycles. The molecule has 1 aliphatic heterocycles. The van der Waals surface area contributed by atoms with Crippen molar-refractivity contribution in [1.29, 1.82) is 0 Å². The van der Waals surface area contributed by atoms with Gasteiger partial charge in [-0.3, -0.25) is 0 Å². The summed E-state index contributed by atoms with van der Waals surface area (Å²) in [5, 5.41) is 13.1. The molecule has 1 saturated heterocycles. The second-order valence-corrected chi connectivity index (χ2v) is 4.41. The van der Waals surface area contributed by atoms with Gasteiger partial charge in [0, 0.05) is 13.1 Å². The van der Waals surface area contributed by atoms with Crippen molar-refractivity contribution in [2.75, 3.05) is 13.1 Å². The van der Waals surface area contributed by atoms with E-state index in [0.29, 0.717) is 19.0 Å². The van der Waals surface area contributed by atoms with Gasteiger partial charge in [-0.15, -0.1) is 12.4 Å². The molecule has 1 aromatic carbocycles. The van der Waals surface area contributed by atoms with E-state index in [1.807, 2.05) is 12.1 Å². The molecule has 3 heteroatoms. The van der Waals surface area contributed by atoms with Crippen LogP contribution in [-0.2, 0) is 5.60 Å². The first-order valence-corrected chi connectivity index (χ1v) is 5.15. The van der Waals surface area contributed by atoms with Crippen molar-refractivity contribution in [2.24, 2.45) is 0 Å². The predicted octanol–water partition coefficient (Wildman–Crippen LogP) is 2.02. The fraction of sp³-hybridized carbons (Fsp3) is 0.500. The molecule has 0 atom stereocenters. The molecule has 1 heterocycles. The van der Waals surface area contributed by atoms with Crippen LogP contribution >= 0.6 is 12.4 Å². The Kier molecular flexibility index (Phi) is 3.77. The smallest absolute Gasteiger partial charge is 0.114 e. The minimum atomic E-state index is -0.616. The highest BCUT2D eigenvalue weighted by atomic mass is 35.5. The lowest BCUT2D eigenvalue weighted by molar-refractivity contribution is -0.0146. The number of hydrogen-bond donors (Lipinski definition) is 2. The summed E-state index contributed by atoms with van der Waals surface area (Å²) in [4.78, 5) is 0. The van der Waals surface area contributed by atoms with Crippen LogP contribution in [0.2, 0.25) is 0 Å². The fourth-order valence-corrected chi connectivity index (χ4v) is 1.74. The van der Waals surface area contributed by atoms with E-state index in [0.717, 1.165) is 5.56 Å². The van der Waals surface area contributed by atoms with Gasteiger partial charge in [0.25, 0.3) is 0 Å². The number of hydrogen-bond acceptors (Lipinski definition) is 2. The SMILES string of the molecule is CC(C)c1ccc(C2(O)CNC2)cc1.Cl. The van der Waals surface area contributed by atoms with Crippen molar-refractivity contribution in [3.63, 3.8) is 0 Å². The Morgan fingerprint density at radius 1 is 1.20 bits per heavy atom. The van der Waals surface area contributed by atoms with E-state index in [9.17, 15) is 5.11 Å². The highest BCUT2D eigenvalue weighted by Crippen LogP contribution is 2.26. The number of benzene rings is 1. The van der Waals surface area contributed by atoms with E-state index in [2.05, 4.69) is 31.3 Å². The lowest BCUT2D eigenvalue weighted by Crippen LogP contribution is -2.56. The van der Waals surface area contributed by atoms with Gasteiger partial charge in [0.2, 0.25) is 0 Å². The lowest BCUT2D eigenvalue weighted by Gasteiger charge is -2.38. The van der Waals surface area contributed by atoms with Crippen molar-refractivity contribution in [3.8, 4) is 0 Å². The predicted molar refractivity (Wildman–Crippen MR) is 64.5 cm³/mol. The molecule has 0 radical (unpaired) electrons. The first-order chi connectivity index (χ1) is 6.62. The molecule has 2 nitrogen and oxygen atoms in total. The van der Waals surface area contributed by atoms with Crippen LogP contribution < -0.4 is 5.32 Å². The van der Waals surface area contributed by atoms with E-state index < -0.39 is 5.60 Å². The summed E-state index contributed by atoms with van der Waals surface area (Å²) >= 11 is 0. The Morgan fingerprint density at radius 2 is 1.73 bits per heavy atom. The molecule has 0 amide bonds. The van der Waals surface area contributed by atoms with Crippen molar-refractivity contribution < 1.29 is 5.11 Å². The summed E-state index contributed by atoms with van der Waals surface area (Å²) in [6, 6.07) is 8.29. The molecule has 2 rings (SSSR count). The van der Waals surface area contributed by atoms with Crippen molar-refractivity contribution in [2.45, 2.75) is 25.4 Å². The molecule has 2 N–H and O–H groups in total. The first-order valence-electron chi connectivity index (χ1n) is 5.15. The summed E-state index contributed by atoms with van der Waals surface area (Å²) in [7, 11) is 0. The van der Waals surface area contributed by atoms with E-state index in [-0.39, 0.29) is 12.4 Å². The van der Waals surface area contributed by atoms with Gasteiger partial charge in [0.15, 0.2) is 0 Å². The van der Waals surface area contributed by atoms with E-state index in [1.54, 1.807) is 0 Å². The van der Waals surface area contributed by atoms with Gasteiger partial charge >= 0.3 is 0 Å². The monoisotopic (exact) mass is 227 g/mol. The first kappa shape index (κ1) is 12.5. The second-order valence-electron chi connectivity index (χ2n) is 4.41. The highest BCUT2D eigenvalue weighted by Gasteiger charge is 2.35. The molecule has 0 aromatic heterocycles. The molecule has 15 heavy (non-hydrogen) atoms. The summed E-state index contributed by atoms with van der Waals surface area (Å²) < 4.78 is 0. The van der Waals surface area contributed by atoms with Crippen molar-refractivity contribution in [1.82, 2.24) is 5.32 Å². The third-order valence-corrected chi connectivity index (χ3v) is 2.95. The van der Waals surface area contributed by atoms with Gasteiger partial charge in [-0.05, 0) is 17.0 Å². The number of nitrogens with one attached hydrogen (secondary N) is 1. The van der Waals surface area contributed by atoms with Gasteiger partial charge in [-0.2, -0.15) is 0 Å². The topological polar surface area (TPSA) is 32.3 Å². The Hall–Kier alpha value is -0.570. The summed E-state index contributed by atoms with van der Waals surface area (Å²) in [5.41, 5.74) is 1.74. The van der Waals surface area contributed by atoms with Gasteiger partial charge in [-0.1, -0.05) is 38.1 Å². The molecule has 0 unspecified atom stereocenters. The largest absolute Gasteiger partial charge is 0.382 e. The molecular formula is C12H18ClNO. The van der Waals surface area contributed by atoms with Crippen LogP contribution in [0.15, 0.2) is 24.3 Å². The summed E-state index contributed by atoms with van der Waals surface area (Å²) in [6.07, 6.45) is 0. The van der Waals surface area contributed by atoms with Gasteiger partial charge in [-0.25, -0.2) is 0 Å². The van der Waals surface area contributed by atoms with Gasteiger partial charge in [0.05, 0.1) is 0 Å². The third-order valence-electron chi connectivity index (χ3n) is 2.95. The van der Waals surface area contributed by atoms with Crippen LogP contribution in [0.4, 0.5) is 0 Å². The number of aliphatic hydroxyl groups is 1. The zero-order chi connectivity index (χ0) is 10.2. The number of rotatable bonds is 2. The Bertz CT molecular complexity index is 317. The molecule has 1 fully saturated rings. The highest BCUT2D eigenvalue weighted by molar-refractivity contribution is 5.85. The zero-order valence-corrected chi connectivity index (χ0v) is 9.97. The minimum absolute atomic E-state index is 0. The molecule has 1 aromatic rings. The molecule has 1 aliphatic rings. The van der Waals surface area contributed by atoms with Crippen LogP contribution in [0.3, 0.4) is 0 Å². The second kappa shape index (κ2) is 4.52. The average molecular weight is 228 g/mol. The number of halogens is 1. The van der Waals surface area contributed by atoms with Crippen LogP contribution in [0.1, 0.15) is 30.9 Å². The quantitative estimate of drug-likeness (QED) is 0.811. The van der Waals surface area contributed by atoms with E-state index in [4.69, 9.17) is 0 Å². The summed E-state index contributed by atoms with van der Waals surface area (Å²) in [5.74, 6) is 0.554. The minimum Gasteiger partial charge on any atom is -0.382 e. The lowest BCUT2D eigenvalue weighted by atomic mass is 9.87. The molecular weight excluding hydrogens is 210 g/mol. The normalized spacial score (nSPS) is 18.1. The third kappa shape index (κ3) is 2.33. The Morgan fingerprint density at radius 3 is 2.07 bits per heavy atom. The zero-order valence-electron chi connectivity index (χ0n) is 9.16. The maximum absolute atomic E-state index is 10.0. The molecule has 0 bridgehead atoms. The standard InChI is InChI=1S/C12H17NO.ClH/c1-9(2)10-3-5-11(6-4-10)12(14)7-13-8-12;/h3-6,9,13-14H,7-8H2,1-2H3;1H. The van der Waals surface area contributed by atoms with E-state index >= 15 is 0 Å². The van der Waals surface area contributed by atoms with Crippen molar-refractivity contribution in [3.05, 3.63) is 35.4 Å². The number of β-amino-alcohol motifs (C(OH)–C–C–N with tert-alkyl or cyclic N) is 1. The maximum Gasteiger partial charge on any atom is 0.114 e. The molecule has 0 spiro atoms. The van der Waals surface area contributed by atoms with Gasteiger partial charge in [0.1, 0.15) is 5.60 Å². The fourth-order valence-electron chi connectivity index (χ4n) is 1.74. The van der Waals surface area contributed by atoms with E-state index in [1.165, 1.54) is 5.56 Å². The van der Waals surface area contributed by atoms with Crippen LogP contribution in [-0.4, -0.2) is 18.2 Å². The Balaban J connectivity index is 0.00000112. The average Bonchev–Trinajstić information content (AvgIpc) is 2.14.